The van der Waals surface area contributed by atoms with Crippen molar-refractivity contribution in [2.24, 2.45) is 0 Å². The molecule has 55 heavy (non-hydrogen) atoms. The summed E-state index contributed by atoms with van der Waals surface area (Å²) in [6.45, 7) is 3.14. The molecule has 10 heteroatoms. The summed E-state index contributed by atoms with van der Waals surface area (Å²) >= 11 is 0. The van der Waals surface area contributed by atoms with Crippen LogP contribution in [-0.2, 0) is 28.5 Å². The first-order valence-electron chi connectivity index (χ1n) is 21.0. The minimum Gasteiger partial charge on any atom is -0.462 e. The Morgan fingerprint density at radius 2 is 1.02 bits per heavy atom. The van der Waals surface area contributed by atoms with Crippen LogP contribution < -0.4 is 0 Å². The van der Waals surface area contributed by atoms with E-state index in [2.05, 4.69) is 86.8 Å². The molecular formula is C45H74O10. The van der Waals surface area contributed by atoms with Crippen LogP contribution in [0, 0.1) is 0 Å². The van der Waals surface area contributed by atoms with E-state index >= 15 is 0 Å². The van der Waals surface area contributed by atoms with Gasteiger partial charge in [-0.2, -0.15) is 0 Å². The maximum Gasteiger partial charge on any atom is 0.306 e. The number of allylic oxidation sites excluding steroid dienone is 12. The van der Waals surface area contributed by atoms with E-state index < -0.39 is 55.4 Å². The van der Waals surface area contributed by atoms with Gasteiger partial charge in [-0.15, -0.1) is 0 Å². The molecule has 4 N–H and O–H groups in total. The van der Waals surface area contributed by atoms with E-state index in [0.29, 0.717) is 12.8 Å². The molecule has 0 unspecified atom stereocenters. The van der Waals surface area contributed by atoms with Crippen molar-refractivity contribution >= 4 is 11.9 Å². The number of carbonyl (C=O) groups is 2. The highest BCUT2D eigenvalue weighted by atomic mass is 16.7. The molecule has 0 aromatic carbocycles. The maximum absolute atomic E-state index is 12.7. The number of ether oxygens (including phenoxy) is 4. The van der Waals surface area contributed by atoms with Crippen molar-refractivity contribution in [1.29, 1.82) is 0 Å². The molecule has 0 bridgehead atoms. The number of aliphatic hydroxyl groups excluding tert-OH is 4. The van der Waals surface area contributed by atoms with Gasteiger partial charge in [-0.1, -0.05) is 125 Å². The number of esters is 2. The number of carbonyl (C=O) groups excluding carboxylic acids is 2. The van der Waals surface area contributed by atoms with Crippen molar-refractivity contribution in [3.63, 3.8) is 0 Å². The second-order valence-corrected chi connectivity index (χ2v) is 14.0. The molecule has 1 fully saturated rings. The van der Waals surface area contributed by atoms with Crippen molar-refractivity contribution in [3.05, 3.63) is 72.9 Å². The zero-order valence-corrected chi connectivity index (χ0v) is 33.9. The van der Waals surface area contributed by atoms with Gasteiger partial charge in [0.05, 0.1) is 13.2 Å². The van der Waals surface area contributed by atoms with Gasteiger partial charge in [0.25, 0.3) is 0 Å². The van der Waals surface area contributed by atoms with E-state index in [0.717, 1.165) is 103 Å². The standard InChI is InChI=1S/C45H74O10/c1-3-5-7-9-11-13-15-17-19-21-23-25-27-29-31-33-40(47)52-36-38(37-53-45-44(51)43(50)42(49)39(35-46)55-45)54-41(48)34-32-30-28-26-24-22-20-18-16-14-12-10-8-6-4-2/h5-8,11-14,17-20,38-39,42-46,49-51H,3-4,9-10,15-16,21-37H2,1-2H3/b7-5+,8-6+,13-11+,14-12+,19-17+,20-18+/t38-,39-,42-,43+,44-,45-/m1/s1. The van der Waals surface area contributed by atoms with E-state index in [1.807, 2.05) is 0 Å². The lowest BCUT2D eigenvalue weighted by Crippen LogP contribution is -2.59. The van der Waals surface area contributed by atoms with Gasteiger partial charge in [0.15, 0.2) is 12.4 Å². The molecule has 1 saturated heterocycles. The number of hydrogen-bond acceptors (Lipinski definition) is 10. The average Bonchev–Trinajstić information content (AvgIpc) is 3.18. The van der Waals surface area contributed by atoms with Gasteiger partial charge < -0.3 is 39.4 Å². The number of hydrogen-bond donors (Lipinski definition) is 4. The fourth-order valence-corrected chi connectivity index (χ4v) is 5.80. The molecule has 1 rings (SSSR count). The summed E-state index contributed by atoms with van der Waals surface area (Å²) < 4.78 is 22.1. The molecule has 6 atom stereocenters. The monoisotopic (exact) mass is 775 g/mol. The van der Waals surface area contributed by atoms with Gasteiger partial charge in [0, 0.05) is 12.8 Å². The normalized spacial score (nSPS) is 21.3. The first kappa shape index (κ1) is 50.2. The Balaban J connectivity index is 2.39. The van der Waals surface area contributed by atoms with Crippen LogP contribution in [-0.4, -0.2) is 89.0 Å². The lowest BCUT2D eigenvalue weighted by atomic mass is 9.99. The molecular weight excluding hydrogens is 700 g/mol. The molecule has 0 spiro atoms. The summed E-state index contributed by atoms with van der Waals surface area (Å²) in [7, 11) is 0. The minimum absolute atomic E-state index is 0.202. The molecule has 1 aliphatic rings. The first-order valence-corrected chi connectivity index (χ1v) is 21.0. The SMILES string of the molecule is CC/C=C/C/C=C/C/C=C/CCCCCCCC(=O)OC[C@H](CO[C@@H]1O[C@H](CO)[C@@H](O)[C@H](O)[C@H]1O)OC(=O)CCCCCCC/C=C/C/C=C/C/C=C/CC. The van der Waals surface area contributed by atoms with Crippen molar-refractivity contribution in [2.45, 2.75) is 179 Å². The van der Waals surface area contributed by atoms with E-state index in [1.54, 1.807) is 0 Å². The van der Waals surface area contributed by atoms with E-state index in [-0.39, 0.29) is 26.1 Å². The highest BCUT2D eigenvalue weighted by molar-refractivity contribution is 5.70. The molecule has 10 nitrogen and oxygen atoms in total. The molecule has 0 radical (unpaired) electrons. The van der Waals surface area contributed by atoms with Gasteiger partial charge in [0.2, 0.25) is 0 Å². The lowest BCUT2D eigenvalue weighted by molar-refractivity contribution is -0.305. The number of unbranched alkanes of at least 4 members (excludes halogenated alkanes) is 10. The first-order chi connectivity index (χ1) is 26.8. The third kappa shape index (κ3) is 27.4. The molecule has 314 valence electrons. The molecule has 1 aliphatic heterocycles. The van der Waals surface area contributed by atoms with Crippen LogP contribution >= 0.6 is 0 Å². The summed E-state index contributed by atoms with van der Waals surface area (Å²) in [5, 5.41) is 40.0. The van der Waals surface area contributed by atoms with Crippen LogP contribution in [0.5, 0.6) is 0 Å². The summed E-state index contributed by atoms with van der Waals surface area (Å²) in [4.78, 5) is 25.3. The fraction of sp³-hybridized carbons (Fsp3) is 0.689. The van der Waals surface area contributed by atoms with Crippen LogP contribution in [0.1, 0.15) is 142 Å². The molecule has 0 aromatic rings. The van der Waals surface area contributed by atoms with Crippen molar-refractivity contribution < 1.29 is 49.0 Å². The smallest absolute Gasteiger partial charge is 0.306 e. The largest absolute Gasteiger partial charge is 0.462 e. The van der Waals surface area contributed by atoms with Crippen LogP contribution in [0.4, 0.5) is 0 Å². The van der Waals surface area contributed by atoms with Crippen molar-refractivity contribution in [1.82, 2.24) is 0 Å². The average molecular weight is 775 g/mol. The fourth-order valence-electron chi connectivity index (χ4n) is 5.80. The second-order valence-electron chi connectivity index (χ2n) is 14.0. The predicted octanol–water partition coefficient (Wildman–Crippen LogP) is 8.44. The van der Waals surface area contributed by atoms with Gasteiger partial charge >= 0.3 is 11.9 Å². The van der Waals surface area contributed by atoms with E-state index in [1.165, 1.54) is 0 Å². The van der Waals surface area contributed by atoms with Crippen LogP contribution in [0.2, 0.25) is 0 Å². The molecule has 0 saturated carbocycles. The quantitative estimate of drug-likeness (QED) is 0.0291. The van der Waals surface area contributed by atoms with Gasteiger partial charge in [0.1, 0.15) is 31.0 Å². The second kappa shape index (κ2) is 35.5. The van der Waals surface area contributed by atoms with E-state index in [9.17, 15) is 30.0 Å². The number of rotatable bonds is 33. The molecule has 0 aromatic heterocycles. The Kier molecular flexibility index (Phi) is 32.4. The Morgan fingerprint density at radius 3 is 1.53 bits per heavy atom. The van der Waals surface area contributed by atoms with Gasteiger partial charge in [-0.05, 0) is 77.0 Å². The van der Waals surface area contributed by atoms with Gasteiger partial charge in [-0.25, -0.2) is 0 Å². The highest BCUT2D eigenvalue weighted by Gasteiger charge is 2.44. The summed E-state index contributed by atoms with van der Waals surface area (Å²) in [6.07, 6.45) is 36.2. The lowest BCUT2D eigenvalue weighted by Gasteiger charge is -2.39. The number of aliphatic hydroxyl groups is 4. The molecule has 0 aliphatic carbocycles. The van der Waals surface area contributed by atoms with Crippen molar-refractivity contribution in [3.8, 4) is 0 Å². The van der Waals surface area contributed by atoms with Gasteiger partial charge in [-0.3, -0.25) is 9.59 Å². The molecule has 1 heterocycles. The van der Waals surface area contributed by atoms with Crippen LogP contribution in [0.3, 0.4) is 0 Å². The minimum atomic E-state index is -1.60. The van der Waals surface area contributed by atoms with Crippen LogP contribution in [0.25, 0.3) is 0 Å². The summed E-state index contributed by atoms with van der Waals surface area (Å²) in [5.74, 6) is -0.855. The van der Waals surface area contributed by atoms with Crippen LogP contribution in [0.15, 0.2) is 72.9 Å². The zero-order chi connectivity index (χ0) is 40.2. The Morgan fingerprint density at radius 1 is 0.564 bits per heavy atom. The third-order valence-electron chi connectivity index (χ3n) is 9.09. The Hall–Kier alpha value is -2.86. The zero-order valence-electron chi connectivity index (χ0n) is 33.9. The summed E-state index contributed by atoms with van der Waals surface area (Å²) in [5.41, 5.74) is 0. The topological polar surface area (TPSA) is 152 Å². The van der Waals surface area contributed by atoms with Crippen molar-refractivity contribution in [2.75, 3.05) is 19.8 Å². The predicted molar refractivity (Wildman–Crippen MR) is 219 cm³/mol. The van der Waals surface area contributed by atoms with E-state index in [4.69, 9.17) is 18.9 Å². The highest BCUT2D eigenvalue weighted by Crippen LogP contribution is 2.22. The molecule has 0 amide bonds. The summed E-state index contributed by atoms with van der Waals surface area (Å²) in [6, 6.07) is 0. The third-order valence-corrected chi connectivity index (χ3v) is 9.09. The Bertz CT molecular complexity index is 1120. The Labute approximate surface area is 332 Å². The maximum atomic E-state index is 12.7.